The molecule has 3 rings (SSSR count). The maximum atomic E-state index is 12.4. The second-order valence-corrected chi connectivity index (χ2v) is 6.76. The van der Waals surface area contributed by atoms with Crippen molar-refractivity contribution >= 4 is 23.2 Å². The fourth-order valence-electron chi connectivity index (χ4n) is 3.26. The van der Waals surface area contributed by atoms with Crippen LogP contribution in [-0.4, -0.2) is 40.3 Å². The first-order valence-corrected chi connectivity index (χ1v) is 8.61. The molecule has 1 aliphatic carbocycles. The van der Waals surface area contributed by atoms with Crippen LogP contribution in [0.4, 0.5) is 0 Å². The fraction of sp³-hybridized carbons (Fsp3) is 0.667. The summed E-state index contributed by atoms with van der Waals surface area (Å²) in [5.74, 6) is -0.0234. The molecule has 1 saturated heterocycles. The molecule has 1 aromatic heterocycles. The summed E-state index contributed by atoms with van der Waals surface area (Å²) < 4.78 is 0. The zero-order chi connectivity index (χ0) is 14.7. The predicted octanol–water partition coefficient (Wildman–Crippen LogP) is 1.74. The minimum Gasteiger partial charge on any atom is -0.305 e. The van der Waals surface area contributed by atoms with E-state index in [-0.39, 0.29) is 23.9 Å². The molecule has 6 heteroatoms. The Balaban J connectivity index is 1.53. The van der Waals surface area contributed by atoms with E-state index in [1.807, 2.05) is 5.38 Å². The first-order chi connectivity index (χ1) is 10.3. The average molecular weight is 307 g/mol. The highest BCUT2D eigenvalue weighted by Crippen LogP contribution is 2.27. The zero-order valence-corrected chi connectivity index (χ0v) is 12.9. The minimum atomic E-state index is -0.334. The van der Waals surface area contributed by atoms with Crippen LogP contribution in [0.15, 0.2) is 11.6 Å². The summed E-state index contributed by atoms with van der Waals surface area (Å²) in [5.41, 5.74) is 0. The third-order valence-electron chi connectivity index (χ3n) is 4.34. The van der Waals surface area contributed by atoms with Crippen LogP contribution in [-0.2, 0) is 16.0 Å². The van der Waals surface area contributed by atoms with Gasteiger partial charge in [-0.2, -0.15) is 0 Å². The molecule has 2 aliphatic rings. The molecule has 0 aromatic carbocycles. The summed E-state index contributed by atoms with van der Waals surface area (Å²) in [6.45, 7) is 0.690. The minimum absolute atomic E-state index is 0.00125. The van der Waals surface area contributed by atoms with Gasteiger partial charge >= 0.3 is 0 Å². The van der Waals surface area contributed by atoms with Crippen molar-refractivity contribution in [2.75, 3.05) is 6.54 Å². The molecule has 2 amide bonds. The molecule has 1 atom stereocenters. The molecule has 0 spiro atoms. The quantitative estimate of drug-likeness (QED) is 0.842. The number of nitrogens with one attached hydrogen (secondary N) is 1. The van der Waals surface area contributed by atoms with Crippen molar-refractivity contribution in [1.82, 2.24) is 15.2 Å². The topological polar surface area (TPSA) is 62.3 Å². The Morgan fingerprint density at radius 2 is 2.10 bits per heavy atom. The highest BCUT2D eigenvalue weighted by molar-refractivity contribution is 7.09. The van der Waals surface area contributed by atoms with Gasteiger partial charge < -0.3 is 5.32 Å². The smallest absolute Gasteiger partial charge is 0.247 e. The molecule has 2 heterocycles. The third-order valence-corrected chi connectivity index (χ3v) is 5.18. The van der Waals surface area contributed by atoms with Crippen molar-refractivity contribution in [3.63, 3.8) is 0 Å². The van der Waals surface area contributed by atoms with Crippen LogP contribution < -0.4 is 5.32 Å². The number of carbonyl (C=O) groups is 2. The summed E-state index contributed by atoms with van der Waals surface area (Å²) in [7, 11) is 0. The van der Waals surface area contributed by atoms with E-state index < -0.39 is 0 Å². The van der Waals surface area contributed by atoms with E-state index in [1.165, 1.54) is 6.42 Å². The molecule has 1 N–H and O–H groups in total. The maximum Gasteiger partial charge on any atom is 0.247 e. The largest absolute Gasteiger partial charge is 0.305 e. The lowest BCUT2D eigenvalue weighted by Gasteiger charge is -2.29. The monoisotopic (exact) mass is 307 g/mol. The number of rotatable bonds is 5. The van der Waals surface area contributed by atoms with Gasteiger partial charge in [-0.1, -0.05) is 19.3 Å². The number of thiazole rings is 1. The Labute approximate surface area is 128 Å². The Hall–Kier alpha value is -1.27. The number of nitrogens with zero attached hydrogens (tertiary/aromatic N) is 2. The first kappa shape index (κ1) is 14.7. The molecule has 0 bridgehead atoms. The molecule has 21 heavy (non-hydrogen) atoms. The highest BCUT2D eigenvalue weighted by Gasteiger charge is 2.42. The van der Waals surface area contributed by atoms with Gasteiger partial charge in [0.15, 0.2) is 0 Å². The second kappa shape index (κ2) is 6.66. The number of imide groups is 1. The number of amides is 2. The van der Waals surface area contributed by atoms with Gasteiger partial charge in [0.25, 0.3) is 0 Å². The second-order valence-electron chi connectivity index (χ2n) is 5.78. The first-order valence-electron chi connectivity index (χ1n) is 7.73. The van der Waals surface area contributed by atoms with Crippen molar-refractivity contribution in [2.24, 2.45) is 0 Å². The number of hydrogen-bond donors (Lipinski definition) is 1. The fourth-order valence-corrected chi connectivity index (χ4v) is 3.88. The van der Waals surface area contributed by atoms with Gasteiger partial charge in [0, 0.05) is 30.6 Å². The van der Waals surface area contributed by atoms with E-state index in [0.717, 1.165) is 37.1 Å². The molecular weight excluding hydrogens is 286 g/mol. The van der Waals surface area contributed by atoms with Crippen LogP contribution in [0, 0.1) is 0 Å². The normalized spacial score (nSPS) is 24.0. The molecular formula is C15H21N3O2S. The number of hydrogen-bond acceptors (Lipinski definition) is 5. The lowest BCUT2D eigenvalue weighted by Crippen LogP contribution is -2.45. The maximum absolute atomic E-state index is 12.4. The van der Waals surface area contributed by atoms with Gasteiger partial charge in [-0.3, -0.25) is 14.5 Å². The number of aromatic nitrogens is 1. The van der Waals surface area contributed by atoms with Gasteiger partial charge in [0.05, 0.1) is 17.5 Å². The lowest BCUT2D eigenvalue weighted by molar-refractivity contribution is -0.142. The standard InChI is InChI=1S/C15H21N3O2S/c19-14-10-12(16-7-6-13-17-8-9-21-13)15(20)18(14)11-4-2-1-3-5-11/h8-9,11-12,16H,1-7,10H2. The average Bonchev–Trinajstić information content (AvgIpc) is 3.09. The van der Waals surface area contributed by atoms with E-state index in [2.05, 4.69) is 10.3 Å². The molecule has 2 fully saturated rings. The third kappa shape index (κ3) is 3.32. The summed E-state index contributed by atoms with van der Waals surface area (Å²) >= 11 is 1.62. The van der Waals surface area contributed by atoms with Gasteiger partial charge in [-0.05, 0) is 12.8 Å². The molecule has 1 aromatic rings. The van der Waals surface area contributed by atoms with Crippen LogP contribution in [0.5, 0.6) is 0 Å². The summed E-state index contributed by atoms with van der Waals surface area (Å²) in [6.07, 6.45) is 8.34. The van der Waals surface area contributed by atoms with Crippen LogP contribution in [0.2, 0.25) is 0 Å². The van der Waals surface area contributed by atoms with Gasteiger partial charge in [-0.15, -0.1) is 11.3 Å². The Bertz CT molecular complexity index is 497. The van der Waals surface area contributed by atoms with Crippen molar-refractivity contribution in [1.29, 1.82) is 0 Å². The zero-order valence-electron chi connectivity index (χ0n) is 12.1. The lowest BCUT2D eigenvalue weighted by atomic mass is 9.94. The SMILES string of the molecule is O=C1CC(NCCc2nccs2)C(=O)N1C1CCCCC1. The molecule has 0 radical (unpaired) electrons. The van der Waals surface area contributed by atoms with Crippen LogP contribution >= 0.6 is 11.3 Å². The van der Waals surface area contributed by atoms with Crippen molar-refractivity contribution in [3.8, 4) is 0 Å². The molecule has 1 aliphatic heterocycles. The number of carbonyl (C=O) groups excluding carboxylic acids is 2. The summed E-state index contributed by atoms with van der Waals surface area (Å²) in [6, 6.07) is -0.191. The Kier molecular flexibility index (Phi) is 4.65. The Morgan fingerprint density at radius 1 is 1.29 bits per heavy atom. The highest BCUT2D eigenvalue weighted by atomic mass is 32.1. The number of likely N-dealkylation sites (tertiary alicyclic amines) is 1. The van der Waals surface area contributed by atoms with Crippen molar-refractivity contribution in [2.45, 2.75) is 57.0 Å². The molecule has 114 valence electrons. The van der Waals surface area contributed by atoms with E-state index in [0.29, 0.717) is 13.0 Å². The predicted molar refractivity (Wildman–Crippen MR) is 81.0 cm³/mol. The van der Waals surface area contributed by atoms with Crippen molar-refractivity contribution in [3.05, 3.63) is 16.6 Å². The summed E-state index contributed by atoms with van der Waals surface area (Å²) in [5, 5.41) is 6.23. The van der Waals surface area contributed by atoms with Crippen LogP contribution in [0.3, 0.4) is 0 Å². The van der Waals surface area contributed by atoms with Gasteiger partial charge in [0.1, 0.15) is 0 Å². The van der Waals surface area contributed by atoms with Crippen molar-refractivity contribution < 1.29 is 9.59 Å². The molecule has 1 saturated carbocycles. The van der Waals surface area contributed by atoms with E-state index >= 15 is 0 Å². The Morgan fingerprint density at radius 3 is 2.81 bits per heavy atom. The van der Waals surface area contributed by atoms with E-state index in [9.17, 15) is 9.59 Å². The van der Waals surface area contributed by atoms with Gasteiger partial charge in [0.2, 0.25) is 11.8 Å². The van der Waals surface area contributed by atoms with E-state index in [4.69, 9.17) is 0 Å². The van der Waals surface area contributed by atoms with Crippen LogP contribution in [0.1, 0.15) is 43.5 Å². The van der Waals surface area contributed by atoms with E-state index in [1.54, 1.807) is 22.4 Å². The molecule has 5 nitrogen and oxygen atoms in total. The summed E-state index contributed by atoms with van der Waals surface area (Å²) in [4.78, 5) is 30.3. The molecule has 1 unspecified atom stereocenters. The van der Waals surface area contributed by atoms with Gasteiger partial charge in [-0.25, -0.2) is 4.98 Å². The van der Waals surface area contributed by atoms with Crippen LogP contribution in [0.25, 0.3) is 0 Å².